The van der Waals surface area contributed by atoms with Crippen LogP contribution in [-0.4, -0.2) is 39.5 Å². The number of carboxylic acids is 1. The van der Waals surface area contributed by atoms with Crippen LogP contribution in [-0.2, 0) is 11.8 Å². The number of carboxylic acid groups (broad SMARTS) is 1. The molecular formula is C21H19FN2O3. The fourth-order valence-electron chi connectivity index (χ4n) is 3.95. The minimum absolute atomic E-state index is 0.110. The molecule has 138 valence electrons. The smallest absolute Gasteiger partial charge is 0.308 e. The van der Waals surface area contributed by atoms with Crippen molar-refractivity contribution in [2.75, 3.05) is 13.1 Å². The zero-order valence-corrected chi connectivity index (χ0v) is 14.8. The van der Waals surface area contributed by atoms with E-state index < -0.39 is 23.6 Å². The van der Waals surface area contributed by atoms with Crippen LogP contribution in [0.25, 0.3) is 10.9 Å². The van der Waals surface area contributed by atoms with E-state index >= 15 is 0 Å². The van der Waals surface area contributed by atoms with E-state index in [1.165, 1.54) is 12.1 Å². The van der Waals surface area contributed by atoms with Crippen LogP contribution in [0.4, 0.5) is 4.39 Å². The van der Waals surface area contributed by atoms with Gasteiger partial charge in [0.2, 0.25) is 0 Å². The summed E-state index contributed by atoms with van der Waals surface area (Å²) in [6.07, 6.45) is 1.89. The molecule has 6 heteroatoms. The van der Waals surface area contributed by atoms with Gasteiger partial charge in [-0.3, -0.25) is 9.59 Å². The van der Waals surface area contributed by atoms with Gasteiger partial charge in [0.25, 0.3) is 5.91 Å². The first-order valence-corrected chi connectivity index (χ1v) is 8.77. The monoisotopic (exact) mass is 366 g/mol. The van der Waals surface area contributed by atoms with Crippen molar-refractivity contribution < 1.29 is 19.1 Å². The van der Waals surface area contributed by atoms with Gasteiger partial charge in [-0.1, -0.05) is 18.2 Å². The Kier molecular flexibility index (Phi) is 4.18. The van der Waals surface area contributed by atoms with Crippen LogP contribution in [0.2, 0.25) is 0 Å². The van der Waals surface area contributed by atoms with E-state index in [1.807, 2.05) is 36.0 Å². The molecule has 1 aliphatic heterocycles. The Bertz CT molecular complexity index is 1040. The van der Waals surface area contributed by atoms with E-state index in [0.717, 1.165) is 10.9 Å². The number of nitrogens with zero attached hydrogens (tertiary/aromatic N) is 2. The van der Waals surface area contributed by atoms with Gasteiger partial charge >= 0.3 is 5.97 Å². The van der Waals surface area contributed by atoms with Gasteiger partial charge in [0.1, 0.15) is 5.82 Å². The summed E-state index contributed by atoms with van der Waals surface area (Å²) in [5.74, 6) is -2.77. The van der Waals surface area contributed by atoms with Gasteiger partial charge in [0, 0.05) is 48.7 Å². The second-order valence-electron chi connectivity index (χ2n) is 6.98. The molecule has 2 heterocycles. The van der Waals surface area contributed by atoms with E-state index in [0.29, 0.717) is 11.1 Å². The lowest BCUT2D eigenvalue weighted by Gasteiger charge is -2.17. The van der Waals surface area contributed by atoms with E-state index in [4.69, 9.17) is 0 Å². The maximum Gasteiger partial charge on any atom is 0.308 e. The number of aryl methyl sites for hydroxylation is 1. The molecule has 1 aliphatic rings. The molecule has 5 nitrogen and oxygen atoms in total. The predicted molar refractivity (Wildman–Crippen MR) is 99.1 cm³/mol. The number of carbonyl (C=O) groups is 2. The molecule has 1 amide bonds. The fourth-order valence-corrected chi connectivity index (χ4v) is 3.95. The summed E-state index contributed by atoms with van der Waals surface area (Å²) in [6.45, 7) is 0.362. The maximum atomic E-state index is 13.6. The summed E-state index contributed by atoms with van der Waals surface area (Å²) in [7, 11) is 1.91. The van der Waals surface area contributed by atoms with Gasteiger partial charge in [-0.15, -0.1) is 0 Å². The minimum Gasteiger partial charge on any atom is -0.481 e. The first-order chi connectivity index (χ1) is 13.0. The molecule has 0 aliphatic carbocycles. The van der Waals surface area contributed by atoms with Crippen molar-refractivity contribution >= 4 is 22.8 Å². The first kappa shape index (κ1) is 17.3. The lowest BCUT2D eigenvalue weighted by Crippen LogP contribution is -2.30. The van der Waals surface area contributed by atoms with Crippen molar-refractivity contribution in [2.45, 2.75) is 5.92 Å². The molecule has 0 saturated carbocycles. The highest BCUT2D eigenvalue weighted by molar-refractivity contribution is 6.06. The average molecular weight is 366 g/mol. The standard InChI is InChI=1S/C21H19FN2O3/c1-23-9-8-15-16(6-3-7-19(15)23)20(25)24-11-17(18(12-24)21(26)27)13-4-2-5-14(22)10-13/h2-10,17-18H,11-12H2,1H3,(H,26,27)/t17-,18+/m0/s1. The van der Waals surface area contributed by atoms with Gasteiger partial charge in [0.15, 0.2) is 0 Å². The SMILES string of the molecule is Cn1ccc2c(C(=O)N3C[C@@H](C(=O)O)[C@H](c4cccc(F)c4)C3)cccc21. The van der Waals surface area contributed by atoms with E-state index in [2.05, 4.69) is 0 Å². The molecule has 1 saturated heterocycles. The number of rotatable bonds is 3. The lowest BCUT2D eigenvalue weighted by atomic mass is 9.89. The second kappa shape index (κ2) is 6.54. The number of hydrogen-bond acceptors (Lipinski definition) is 2. The number of aromatic nitrogens is 1. The number of hydrogen-bond donors (Lipinski definition) is 1. The Balaban J connectivity index is 1.68. The summed E-state index contributed by atoms with van der Waals surface area (Å²) in [5.41, 5.74) is 2.10. The number of carbonyl (C=O) groups excluding carboxylic acids is 1. The molecular weight excluding hydrogens is 347 g/mol. The van der Waals surface area contributed by atoms with E-state index in [9.17, 15) is 19.1 Å². The number of halogens is 1. The molecule has 2 atom stereocenters. The van der Waals surface area contributed by atoms with Crippen molar-refractivity contribution in [2.24, 2.45) is 13.0 Å². The van der Waals surface area contributed by atoms with Crippen LogP contribution in [0.1, 0.15) is 21.8 Å². The molecule has 1 aromatic heterocycles. The second-order valence-corrected chi connectivity index (χ2v) is 6.98. The van der Waals surface area contributed by atoms with Crippen molar-refractivity contribution in [3.8, 4) is 0 Å². The third kappa shape index (κ3) is 2.97. The van der Waals surface area contributed by atoms with Crippen LogP contribution < -0.4 is 0 Å². The minimum atomic E-state index is -0.975. The molecule has 3 aromatic rings. The average Bonchev–Trinajstić information content (AvgIpc) is 3.26. The molecule has 2 aromatic carbocycles. The zero-order chi connectivity index (χ0) is 19.1. The number of aliphatic carboxylic acids is 1. The molecule has 1 N–H and O–H groups in total. The highest BCUT2D eigenvalue weighted by atomic mass is 19.1. The normalized spacial score (nSPS) is 19.6. The number of benzene rings is 2. The molecule has 0 unspecified atom stereocenters. The van der Waals surface area contributed by atoms with E-state index in [-0.39, 0.29) is 19.0 Å². The van der Waals surface area contributed by atoms with Crippen molar-refractivity contribution in [1.82, 2.24) is 9.47 Å². The highest BCUT2D eigenvalue weighted by Gasteiger charge is 2.41. The van der Waals surface area contributed by atoms with E-state index in [1.54, 1.807) is 23.1 Å². The van der Waals surface area contributed by atoms with Gasteiger partial charge in [-0.2, -0.15) is 0 Å². The summed E-state index contributed by atoms with van der Waals surface area (Å²) in [6, 6.07) is 13.4. The quantitative estimate of drug-likeness (QED) is 0.774. The molecule has 4 rings (SSSR count). The number of likely N-dealkylation sites (tertiary alicyclic amines) is 1. The van der Waals surface area contributed by atoms with Crippen LogP contribution in [0.5, 0.6) is 0 Å². The van der Waals surface area contributed by atoms with Crippen molar-refractivity contribution in [1.29, 1.82) is 0 Å². The van der Waals surface area contributed by atoms with Crippen LogP contribution >= 0.6 is 0 Å². The number of fused-ring (bicyclic) bond motifs is 1. The predicted octanol–water partition coefficient (Wildman–Crippen LogP) is 3.26. The van der Waals surface area contributed by atoms with Crippen molar-refractivity contribution in [3.05, 3.63) is 71.7 Å². The number of amides is 1. The first-order valence-electron chi connectivity index (χ1n) is 8.77. The van der Waals surface area contributed by atoms with Crippen LogP contribution in [0, 0.1) is 11.7 Å². The Labute approximate surface area is 155 Å². The van der Waals surface area contributed by atoms with Gasteiger partial charge in [0.05, 0.1) is 5.92 Å². The molecule has 0 bridgehead atoms. The third-order valence-electron chi connectivity index (χ3n) is 5.36. The zero-order valence-electron chi connectivity index (χ0n) is 14.8. The van der Waals surface area contributed by atoms with Crippen LogP contribution in [0.15, 0.2) is 54.7 Å². The van der Waals surface area contributed by atoms with Gasteiger partial charge in [-0.25, -0.2) is 4.39 Å². The highest BCUT2D eigenvalue weighted by Crippen LogP contribution is 2.34. The summed E-state index contributed by atoms with van der Waals surface area (Å²) in [4.78, 5) is 26.5. The maximum absolute atomic E-state index is 13.6. The van der Waals surface area contributed by atoms with Gasteiger partial charge in [-0.05, 0) is 35.9 Å². The lowest BCUT2D eigenvalue weighted by molar-refractivity contribution is -0.141. The molecule has 27 heavy (non-hydrogen) atoms. The van der Waals surface area contributed by atoms with Crippen molar-refractivity contribution in [3.63, 3.8) is 0 Å². The fraction of sp³-hybridized carbons (Fsp3) is 0.238. The van der Waals surface area contributed by atoms with Crippen LogP contribution in [0.3, 0.4) is 0 Å². The third-order valence-corrected chi connectivity index (χ3v) is 5.36. The topological polar surface area (TPSA) is 62.5 Å². The Hall–Kier alpha value is -3.15. The largest absolute Gasteiger partial charge is 0.481 e. The molecule has 0 radical (unpaired) electrons. The Morgan fingerprint density at radius 3 is 2.63 bits per heavy atom. The summed E-state index contributed by atoms with van der Waals surface area (Å²) < 4.78 is 15.6. The van der Waals surface area contributed by atoms with Gasteiger partial charge < -0.3 is 14.6 Å². The summed E-state index contributed by atoms with van der Waals surface area (Å²) in [5, 5.41) is 10.5. The Morgan fingerprint density at radius 2 is 1.89 bits per heavy atom. The molecule has 1 fully saturated rings. The molecule has 0 spiro atoms. The Morgan fingerprint density at radius 1 is 1.11 bits per heavy atom. The summed E-state index contributed by atoms with van der Waals surface area (Å²) >= 11 is 0.